The number of nitrogens with one attached hydrogen (secondary N) is 1. The first-order valence-corrected chi connectivity index (χ1v) is 9.81. The van der Waals surface area contributed by atoms with Gasteiger partial charge in [0.25, 0.3) is 0 Å². The van der Waals surface area contributed by atoms with Crippen molar-refractivity contribution in [2.45, 2.75) is 4.90 Å². The molecule has 4 rings (SSSR count). The number of rotatable bonds is 4. The SMILES string of the molecule is CSc1ccc2nc(Nc3nc(-c4ccncc4)cs3)sc2c1. The van der Waals surface area contributed by atoms with Crippen LogP contribution < -0.4 is 5.32 Å². The molecule has 1 aromatic carbocycles. The molecule has 0 radical (unpaired) electrons. The molecule has 1 N–H and O–H groups in total. The molecule has 0 aliphatic rings. The summed E-state index contributed by atoms with van der Waals surface area (Å²) in [6, 6.07) is 10.3. The fourth-order valence-corrected chi connectivity index (χ4v) is 4.37. The van der Waals surface area contributed by atoms with Crippen LogP contribution >= 0.6 is 34.4 Å². The molecule has 0 bridgehead atoms. The Balaban J connectivity index is 1.60. The molecular formula is C16H12N4S3. The fraction of sp³-hybridized carbons (Fsp3) is 0.0625. The minimum absolute atomic E-state index is 0.848. The second-order valence-corrected chi connectivity index (χ2v) is 7.52. The summed E-state index contributed by atoms with van der Waals surface area (Å²) in [5.41, 5.74) is 3.03. The molecule has 0 atom stereocenters. The molecule has 0 fully saturated rings. The summed E-state index contributed by atoms with van der Waals surface area (Å²) < 4.78 is 1.19. The molecular weight excluding hydrogens is 344 g/mol. The van der Waals surface area contributed by atoms with Gasteiger partial charge in [-0.1, -0.05) is 11.3 Å². The maximum Gasteiger partial charge on any atom is 0.190 e. The number of hydrogen-bond donors (Lipinski definition) is 1. The molecule has 114 valence electrons. The minimum atomic E-state index is 0.848. The highest BCUT2D eigenvalue weighted by Crippen LogP contribution is 2.32. The van der Waals surface area contributed by atoms with Gasteiger partial charge in [-0.3, -0.25) is 4.98 Å². The highest BCUT2D eigenvalue weighted by Gasteiger charge is 2.08. The van der Waals surface area contributed by atoms with E-state index in [1.807, 2.05) is 17.5 Å². The number of hydrogen-bond acceptors (Lipinski definition) is 7. The van der Waals surface area contributed by atoms with Gasteiger partial charge in [-0.25, -0.2) is 9.97 Å². The Morgan fingerprint density at radius 1 is 1.04 bits per heavy atom. The second kappa shape index (κ2) is 6.27. The van der Waals surface area contributed by atoms with Crippen LogP contribution in [0, 0.1) is 0 Å². The standard InChI is InChI=1S/C16H12N4S3/c1-21-11-2-3-12-14(8-11)23-16(18-12)20-15-19-13(9-22-15)10-4-6-17-7-5-10/h2-9H,1H3,(H,18,19,20). The van der Waals surface area contributed by atoms with Crippen molar-refractivity contribution in [1.82, 2.24) is 15.0 Å². The summed E-state index contributed by atoms with van der Waals surface area (Å²) in [6.45, 7) is 0. The van der Waals surface area contributed by atoms with E-state index in [4.69, 9.17) is 0 Å². The number of aromatic nitrogens is 3. The smallest absolute Gasteiger partial charge is 0.190 e. The molecule has 0 saturated heterocycles. The fourth-order valence-electron chi connectivity index (χ4n) is 2.16. The molecule has 0 unspecified atom stereocenters. The van der Waals surface area contributed by atoms with E-state index in [1.165, 1.54) is 9.60 Å². The van der Waals surface area contributed by atoms with Crippen LogP contribution in [0.3, 0.4) is 0 Å². The zero-order chi connectivity index (χ0) is 15.6. The predicted octanol–water partition coefficient (Wildman–Crippen LogP) is 5.28. The summed E-state index contributed by atoms with van der Waals surface area (Å²) in [4.78, 5) is 14.5. The van der Waals surface area contributed by atoms with E-state index < -0.39 is 0 Å². The molecule has 3 heterocycles. The lowest BCUT2D eigenvalue weighted by atomic mass is 10.2. The lowest BCUT2D eigenvalue weighted by molar-refractivity contribution is 1.31. The van der Waals surface area contributed by atoms with Crippen LogP contribution in [0.4, 0.5) is 10.3 Å². The van der Waals surface area contributed by atoms with Crippen LogP contribution in [0.2, 0.25) is 0 Å². The monoisotopic (exact) mass is 356 g/mol. The maximum absolute atomic E-state index is 4.62. The number of nitrogens with zero attached hydrogens (tertiary/aromatic N) is 3. The van der Waals surface area contributed by atoms with E-state index in [0.717, 1.165) is 27.0 Å². The van der Waals surface area contributed by atoms with Crippen molar-refractivity contribution < 1.29 is 0 Å². The van der Waals surface area contributed by atoms with E-state index >= 15 is 0 Å². The van der Waals surface area contributed by atoms with Crippen LogP contribution in [0.15, 0.2) is 53.0 Å². The van der Waals surface area contributed by atoms with Crippen LogP contribution in [-0.4, -0.2) is 21.2 Å². The molecule has 3 aromatic heterocycles. The Morgan fingerprint density at radius 2 is 1.91 bits per heavy atom. The molecule has 0 saturated carbocycles. The normalized spacial score (nSPS) is 11.0. The van der Waals surface area contributed by atoms with E-state index in [2.05, 4.69) is 44.7 Å². The minimum Gasteiger partial charge on any atom is -0.307 e. The van der Waals surface area contributed by atoms with Gasteiger partial charge in [0, 0.05) is 28.2 Å². The third kappa shape index (κ3) is 3.08. The van der Waals surface area contributed by atoms with Crippen LogP contribution in [0.5, 0.6) is 0 Å². The van der Waals surface area contributed by atoms with E-state index in [1.54, 1.807) is 46.8 Å². The number of fused-ring (bicyclic) bond motifs is 1. The summed E-state index contributed by atoms with van der Waals surface area (Å²) in [6.07, 6.45) is 5.63. The molecule has 0 spiro atoms. The quantitative estimate of drug-likeness (QED) is 0.504. The summed E-state index contributed by atoms with van der Waals surface area (Å²) >= 11 is 4.97. The first-order chi connectivity index (χ1) is 11.3. The van der Waals surface area contributed by atoms with Crippen LogP contribution in [0.25, 0.3) is 21.5 Å². The van der Waals surface area contributed by atoms with Gasteiger partial charge in [0.15, 0.2) is 10.3 Å². The van der Waals surface area contributed by atoms with Gasteiger partial charge < -0.3 is 5.32 Å². The number of pyridine rings is 1. The van der Waals surface area contributed by atoms with Crippen LogP contribution in [0.1, 0.15) is 0 Å². The largest absolute Gasteiger partial charge is 0.307 e. The summed E-state index contributed by atoms with van der Waals surface area (Å²) in [5.74, 6) is 0. The average Bonchev–Trinajstić information content (AvgIpc) is 3.21. The molecule has 0 aliphatic heterocycles. The molecule has 0 amide bonds. The van der Waals surface area contributed by atoms with Crippen molar-refractivity contribution in [2.75, 3.05) is 11.6 Å². The highest BCUT2D eigenvalue weighted by molar-refractivity contribution is 7.98. The zero-order valence-corrected chi connectivity index (χ0v) is 14.6. The van der Waals surface area contributed by atoms with Crippen molar-refractivity contribution in [3.63, 3.8) is 0 Å². The lowest BCUT2D eigenvalue weighted by Crippen LogP contribution is -1.88. The third-order valence-corrected chi connectivity index (χ3v) is 5.71. The van der Waals surface area contributed by atoms with E-state index in [0.29, 0.717) is 0 Å². The van der Waals surface area contributed by atoms with Gasteiger partial charge >= 0.3 is 0 Å². The Labute approximate surface area is 145 Å². The van der Waals surface area contributed by atoms with Gasteiger partial charge in [-0.05, 0) is 36.6 Å². The van der Waals surface area contributed by atoms with Crippen molar-refractivity contribution in [2.24, 2.45) is 0 Å². The number of anilines is 2. The molecule has 7 heteroatoms. The Bertz CT molecular complexity index is 946. The van der Waals surface area contributed by atoms with Gasteiger partial charge in [0.2, 0.25) is 0 Å². The number of thioether (sulfide) groups is 1. The number of thiazole rings is 2. The van der Waals surface area contributed by atoms with E-state index in [-0.39, 0.29) is 0 Å². The third-order valence-electron chi connectivity index (χ3n) is 3.29. The Kier molecular flexibility index (Phi) is 3.99. The van der Waals surface area contributed by atoms with Crippen molar-refractivity contribution in [1.29, 1.82) is 0 Å². The Hall–Kier alpha value is -1.96. The van der Waals surface area contributed by atoms with Crippen molar-refractivity contribution >= 4 is 54.9 Å². The topological polar surface area (TPSA) is 50.7 Å². The zero-order valence-electron chi connectivity index (χ0n) is 12.2. The van der Waals surface area contributed by atoms with Crippen LogP contribution in [-0.2, 0) is 0 Å². The van der Waals surface area contributed by atoms with Crippen molar-refractivity contribution in [3.8, 4) is 11.3 Å². The van der Waals surface area contributed by atoms with Gasteiger partial charge in [-0.15, -0.1) is 23.1 Å². The number of benzene rings is 1. The summed E-state index contributed by atoms with van der Waals surface area (Å²) in [5, 5.41) is 7.07. The predicted molar refractivity (Wildman–Crippen MR) is 100 cm³/mol. The lowest BCUT2D eigenvalue weighted by Gasteiger charge is -1.96. The highest BCUT2D eigenvalue weighted by atomic mass is 32.2. The molecule has 4 aromatic rings. The van der Waals surface area contributed by atoms with Gasteiger partial charge in [0.05, 0.1) is 15.9 Å². The molecule has 23 heavy (non-hydrogen) atoms. The first kappa shape index (κ1) is 14.6. The second-order valence-electron chi connectivity index (χ2n) is 4.75. The van der Waals surface area contributed by atoms with Crippen molar-refractivity contribution in [3.05, 3.63) is 48.1 Å². The molecule has 0 aliphatic carbocycles. The first-order valence-electron chi connectivity index (χ1n) is 6.89. The molecule has 4 nitrogen and oxygen atoms in total. The van der Waals surface area contributed by atoms with E-state index in [9.17, 15) is 0 Å². The average molecular weight is 357 g/mol. The Morgan fingerprint density at radius 3 is 2.74 bits per heavy atom. The van der Waals surface area contributed by atoms with Gasteiger partial charge in [0.1, 0.15) is 0 Å². The maximum atomic E-state index is 4.62. The summed E-state index contributed by atoms with van der Waals surface area (Å²) in [7, 11) is 0. The van der Waals surface area contributed by atoms with Gasteiger partial charge in [-0.2, -0.15) is 0 Å².